The van der Waals surface area contributed by atoms with E-state index in [0.29, 0.717) is 0 Å². The predicted octanol–water partition coefficient (Wildman–Crippen LogP) is 4.66. The fourth-order valence-electron chi connectivity index (χ4n) is 1.57. The van der Waals surface area contributed by atoms with Crippen molar-refractivity contribution < 1.29 is 18.0 Å². The molecule has 1 aromatic heterocycles. The van der Waals surface area contributed by atoms with Gasteiger partial charge in [-0.25, -0.2) is 4.98 Å². The molecule has 8 heteroatoms. The van der Waals surface area contributed by atoms with Crippen LogP contribution in [0.25, 0.3) is 0 Å². The molecule has 0 unspecified atom stereocenters. The quantitative estimate of drug-likeness (QED) is 0.811. The van der Waals surface area contributed by atoms with Gasteiger partial charge in [0.15, 0.2) is 0 Å². The first-order valence-corrected chi connectivity index (χ1v) is 6.32. The Labute approximate surface area is 127 Å². The van der Waals surface area contributed by atoms with Gasteiger partial charge < -0.3 is 5.32 Å². The van der Waals surface area contributed by atoms with Crippen LogP contribution in [-0.2, 0) is 6.18 Å². The second-order valence-corrected chi connectivity index (χ2v) is 4.81. The van der Waals surface area contributed by atoms with Gasteiger partial charge in [-0.2, -0.15) is 13.2 Å². The van der Waals surface area contributed by atoms with Crippen LogP contribution in [0.15, 0.2) is 36.5 Å². The summed E-state index contributed by atoms with van der Waals surface area (Å²) in [5, 5.41) is 2.01. The molecule has 3 nitrogen and oxygen atoms in total. The van der Waals surface area contributed by atoms with Crippen molar-refractivity contribution in [2.75, 3.05) is 5.32 Å². The van der Waals surface area contributed by atoms with Gasteiger partial charge in [0.2, 0.25) is 0 Å². The maximum atomic E-state index is 12.7. The molecular weight excluding hydrogens is 328 g/mol. The van der Waals surface area contributed by atoms with Crippen molar-refractivity contribution in [2.45, 2.75) is 6.18 Å². The van der Waals surface area contributed by atoms with Gasteiger partial charge in [-0.05, 0) is 30.3 Å². The van der Waals surface area contributed by atoms with E-state index >= 15 is 0 Å². The largest absolute Gasteiger partial charge is 0.417 e. The summed E-state index contributed by atoms with van der Waals surface area (Å²) in [6, 6.07) is 5.81. The second-order valence-electron chi connectivity index (χ2n) is 4.01. The van der Waals surface area contributed by atoms with E-state index in [1.54, 1.807) is 0 Å². The number of rotatable bonds is 2. The Morgan fingerprint density at radius 2 is 1.86 bits per heavy atom. The molecule has 110 valence electrons. The van der Waals surface area contributed by atoms with Crippen molar-refractivity contribution in [3.05, 3.63) is 57.8 Å². The maximum absolute atomic E-state index is 12.7. The standard InChI is InChI=1S/C13H7Cl2F3N2O/c14-10-2-1-8(6-9(10)13(16,17)18)20-12(21)7-3-4-19-11(15)5-7/h1-6H,(H,20,21). The topological polar surface area (TPSA) is 42.0 Å². The fourth-order valence-corrected chi connectivity index (χ4v) is 1.97. The van der Waals surface area contributed by atoms with Gasteiger partial charge in [0.05, 0.1) is 10.6 Å². The Morgan fingerprint density at radius 1 is 1.14 bits per heavy atom. The molecule has 0 aliphatic carbocycles. The van der Waals surface area contributed by atoms with Crippen LogP contribution in [0.3, 0.4) is 0 Å². The number of aromatic nitrogens is 1. The van der Waals surface area contributed by atoms with Crippen molar-refractivity contribution in [3.8, 4) is 0 Å². The van der Waals surface area contributed by atoms with Crippen LogP contribution in [-0.4, -0.2) is 10.9 Å². The number of nitrogens with one attached hydrogen (secondary N) is 1. The molecule has 1 aromatic carbocycles. The average molecular weight is 335 g/mol. The molecule has 1 heterocycles. The smallest absolute Gasteiger partial charge is 0.322 e. The molecule has 0 aliphatic heterocycles. The summed E-state index contributed by atoms with van der Waals surface area (Å²) in [4.78, 5) is 15.6. The lowest BCUT2D eigenvalue weighted by molar-refractivity contribution is -0.137. The molecule has 0 aliphatic rings. The lowest BCUT2D eigenvalue weighted by Gasteiger charge is -2.11. The van der Waals surface area contributed by atoms with Gasteiger partial charge in [-0.3, -0.25) is 4.79 Å². The van der Waals surface area contributed by atoms with Crippen LogP contribution in [0.2, 0.25) is 10.2 Å². The van der Waals surface area contributed by atoms with E-state index in [2.05, 4.69) is 10.3 Å². The third-order valence-electron chi connectivity index (χ3n) is 2.52. The monoisotopic (exact) mass is 334 g/mol. The van der Waals surface area contributed by atoms with Crippen LogP contribution < -0.4 is 5.32 Å². The molecule has 0 saturated carbocycles. The van der Waals surface area contributed by atoms with Gasteiger partial charge in [0, 0.05) is 17.4 Å². The highest BCUT2D eigenvalue weighted by Crippen LogP contribution is 2.36. The SMILES string of the molecule is O=C(Nc1ccc(Cl)c(C(F)(F)F)c1)c1ccnc(Cl)c1. The third-order valence-corrected chi connectivity index (χ3v) is 3.05. The zero-order valence-electron chi connectivity index (χ0n) is 10.2. The van der Waals surface area contributed by atoms with E-state index in [4.69, 9.17) is 23.2 Å². The molecule has 0 saturated heterocycles. The number of pyridine rings is 1. The predicted molar refractivity (Wildman–Crippen MR) is 73.7 cm³/mol. The Hall–Kier alpha value is -1.79. The lowest BCUT2D eigenvalue weighted by atomic mass is 10.2. The average Bonchev–Trinajstić information content (AvgIpc) is 2.39. The molecule has 0 radical (unpaired) electrons. The number of amides is 1. The summed E-state index contributed by atoms with van der Waals surface area (Å²) in [5.41, 5.74) is -0.863. The van der Waals surface area contributed by atoms with Crippen molar-refractivity contribution in [1.82, 2.24) is 4.98 Å². The summed E-state index contributed by atoms with van der Waals surface area (Å²) in [5.74, 6) is -0.602. The van der Waals surface area contributed by atoms with Crippen LogP contribution in [0, 0.1) is 0 Å². The number of hydrogen-bond acceptors (Lipinski definition) is 2. The molecule has 0 bridgehead atoms. The first-order chi connectivity index (χ1) is 9.77. The van der Waals surface area contributed by atoms with E-state index in [-0.39, 0.29) is 16.4 Å². The van der Waals surface area contributed by atoms with Crippen molar-refractivity contribution in [1.29, 1.82) is 0 Å². The molecule has 21 heavy (non-hydrogen) atoms. The molecule has 1 N–H and O–H groups in total. The number of alkyl halides is 3. The number of nitrogens with zero attached hydrogens (tertiary/aromatic N) is 1. The Bertz CT molecular complexity index is 689. The number of carbonyl (C=O) groups is 1. The van der Waals surface area contributed by atoms with Crippen molar-refractivity contribution >= 4 is 34.8 Å². The van der Waals surface area contributed by atoms with Gasteiger partial charge in [-0.1, -0.05) is 23.2 Å². The number of anilines is 1. The van der Waals surface area contributed by atoms with Crippen molar-refractivity contribution in [3.63, 3.8) is 0 Å². The highest BCUT2D eigenvalue weighted by atomic mass is 35.5. The van der Waals surface area contributed by atoms with Crippen molar-refractivity contribution in [2.24, 2.45) is 0 Å². The Morgan fingerprint density at radius 3 is 2.48 bits per heavy atom. The summed E-state index contributed by atoms with van der Waals surface area (Å²) >= 11 is 11.1. The summed E-state index contributed by atoms with van der Waals surface area (Å²) in [6.07, 6.45) is -3.28. The summed E-state index contributed by atoms with van der Waals surface area (Å²) in [7, 11) is 0. The van der Waals surface area contributed by atoms with Gasteiger partial charge >= 0.3 is 6.18 Å². The number of benzene rings is 1. The maximum Gasteiger partial charge on any atom is 0.417 e. The highest BCUT2D eigenvalue weighted by molar-refractivity contribution is 6.31. The minimum atomic E-state index is -4.60. The zero-order chi connectivity index (χ0) is 15.6. The summed E-state index contributed by atoms with van der Waals surface area (Å²) < 4.78 is 38.2. The Balaban J connectivity index is 2.26. The second kappa shape index (κ2) is 5.91. The molecule has 2 rings (SSSR count). The first kappa shape index (κ1) is 15.6. The highest BCUT2D eigenvalue weighted by Gasteiger charge is 2.33. The molecule has 0 fully saturated rings. The van der Waals surface area contributed by atoms with E-state index in [1.807, 2.05) is 0 Å². The number of halogens is 5. The lowest BCUT2D eigenvalue weighted by Crippen LogP contribution is -2.13. The van der Waals surface area contributed by atoms with E-state index in [9.17, 15) is 18.0 Å². The first-order valence-electron chi connectivity index (χ1n) is 5.57. The minimum absolute atomic E-state index is 0.0235. The van der Waals surface area contributed by atoms with Gasteiger partial charge in [0.1, 0.15) is 5.15 Å². The number of carbonyl (C=O) groups excluding carboxylic acids is 1. The molecular formula is C13H7Cl2F3N2O. The fraction of sp³-hybridized carbons (Fsp3) is 0.0769. The minimum Gasteiger partial charge on any atom is -0.322 e. The van der Waals surface area contributed by atoms with Gasteiger partial charge in [-0.15, -0.1) is 0 Å². The van der Waals surface area contributed by atoms with Crippen LogP contribution in [0.1, 0.15) is 15.9 Å². The normalized spacial score (nSPS) is 11.3. The molecule has 2 aromatic rings. The molecule has 0 spiro atoms. The third kappa shape index (κ3) is 3.86. The van der Waals surface area contributed by atoms with E-state index < -0.39 is 22.7 Å². The zero-order valence-corrected chi connectivity index (χ0v) is 11.7. The van der Waals surface area contributed by atoms with Crippen LogP contribution in [0.5, 0.6) is 0 Å². The van der Waals surface area contributed by atoms with Crippen LogP contribution in [0.4, 0.5) is 18.9 Å². The van der Waals surface area contributed by atoms with Crippen LogP contribution >= 0.6 is 23.2 Å². The molecule has 0 atom stereocenters. The summed E-state index contributed by atoms with van der Waals surface area (Å²) in [6.45, 7) is 0. The number of hydrogen-bond donors (Lipinski definition) is 1. The van der Waals surface area contributed by atoms with E-state index in [1.165, 1.54) is 24.4 Å². The molecule has 1 amide bonds. The van der Waals surface area contributed by atoms with E-state index in [0.717, 1.165) is 12.1 Å². The Kier molecular flexibility index (Phi) is 4.39. The van der Waals surface area contributed by atoms with Gasteiger partial charge in [0.25, 0.3) is 5.91 Å².